The molecule has 1 amide bonds. The highest BCUT2D eigenvalue weighted by Crippen LogP contribution is 2.38. The molecule has 0 N–H and O–H groups in total. The van der Waals surface area contributed by atoms with Gasteiger partial charge in [-0.1, -0.05) is 12.1 Å². The summed E-state index contributed by atoms with van der Waals surface area (Å²) in [5.41, 5.74) is 1.00. The van der Waals surface area contributed by atoms with Crippen LogP contribution in [0.1, 0.15) is 17.4 Å². The summed E-state index contributed by atoms with van der Waals surface area (Å²) in [6, 6.07) is 6.45. The summed E-state index contributed by atoms with van der Waals surface area (Å²) in [5, 5.41) is 0.0373. The van der Waals surface area contributed by atoms with Crippen molar-refractivity contribution < 1.29 is 9.18 Å². The van der Waals surface area contributed by atoms with Crippen LogP contribution in [0.3, 0.4) is 0 Å². The summed E-state index contributed by atoms with van der Waals surface area (Å²) < 4.78 is 12.9. The average Bonchev–Trinajstić information content (AvgIpc) is 2.72. The highest BCUT2D eigenvalue weighted by atomic mass is 32.2. The number of nitrogens with zero attached hydrogens (tertiary/aromatic N) is 2. The topological polar surface area (TPSA) is 23.6 Å². The Labute approximate surface area is 117 Å². The summed E-state index contributed by atoms with van der Waals surface area (Å²) in [5.74, 6) is 0.458. The highest BCUT2D eigenvalue weighted by Gasteiger charge is 2.32. The first kappa shape index (κ1) is 14.3. The second kappa shape index (κ2) is 6.39. The van der Waals surface area contributed by atoms with Crippen molar-refractivity contribution in [1.29, 1.82) is 0 Å². The molecular formula is C14H19FN2OS. The van der Waals surface area contributed by atoms with Crippen LogP contribution in [0.4, 0.5) is 4.39 Å². The van der Waals surface area contributed by atoms with Gasteiger partial charge < -0.3 is 9.80 Å². The lowest BCUT2D eigenvalue weighted by molar-refractivity contribution is -0.128. The molecule has 3 nitrogen and oxygen atoms in total. The summed E-state index contributed by atoms with van der Waals surface area (Å²) in [7, 11) is 4.05. The van der Waals surface area contributed by atoms with Crippen LogP contribution in [-0.2, 0) is 4.79 Å². The molecule has 0 aliphatic carbocycles. The summed E-state index contributed by atoms with van der Waals surface area (Å²) >= 11 is 1.62. The fraction of sp³-hybridized carbons (Fsp3) is 0.500. The molecule has 0 saturated carbocycles. The molecule has 1 fully saturated rings. The largest absolute Gasteiger partial charge is 0.326 e. The number of hydrogen-bond acceptors (Lipinski definition) is 3. The normalized spacial score (nSPS) is 19.5. The molecule has 0 unspecified atom stereocenters. The fourth-order valence-electron chi connectivity index (χ4n) is 2.16. The number of carbonyl (C=O) groups is 1. The molecular weight excluding hydrogens is 263 g/mol. The molecule has 2 rings (SSSR count). The molecule has 104 valence electrons. The fourth-order valence-corrected chi connectivity index (χ4v) is 3.38. The molecule has 1 atom stereocenters. The molecule has 1 aliphatic heterocycles. The zero-order chi connectivity index (χ0) is 13.8. The van der Waals surface area contributed by atoms with Crippen LogP contribution in [0.2, 0.25) is 0 Å². The Bertz CT molecular complexity index is 436. The van der Waals surface area contributed by atoms with E-state index < -0.39 is 0 Å². The Morgan fingerprint density at radius 2 is 2.05 bits per heavy atom. The maximum Gasteiger partial charge on any atom is 0.233 e. The molecule has 0 bridgehead atoms. The second-order valence-corrected chi connectivity index (χ2v) is 6.03. The monoisotopic (exact) mass is 282 g/mol. The number of carbonyl (C=O) groups excluding carboxylic acids is 1. The number of hydrogen-bond donors (Lipinski definition) is 0. The predicted molar refractivity (Wildman–Crippen MR) is 76.5 cm³/mol. The smallest absolute Gasteiger partial charge is 0.233 e. The third kappa shape index (κ3) is 3.70. The van der Waals surface area contributed by atoms with Gasteiger partial charge in [-0.25, -0.2) is 4.39 Å². The van der Waals surface area contributed by atoms with Crippen LogP contribution in [0.5, 0.6) is 0 Å². The van der Waals surface area contributed by atoms with Crippen LogP contribution >= 0.6 is 11.8 Å². The van der Waals surface area contributed by atoms with Crippen molar-refractivity contribution in [2.45, 2.75) is 11.8 Å². The van der Waals surface area contributed by atoms with E-state index in [-0.39, 0.29) is 17.1 Å². The zero-order valence-electron chi connectivity index (χ0n) is 11.3. The minimum Gasteiger partial charge on any atom is -0.326 e. The van der Waals surface area contributed by atoms with Gasteiger partial charge in [-0.05, 0) is 44.8 Å². The van der Waals surface area contributed by atoms with E-state index in [0.29, 0.717) is 5.75 Å². The van der Waals surface area contributed by atoms with Crippen LogP contribution in [0.15, 0.2) is 24.3 Å². The number of thioether (sulfide) groups is 1. The van der Waals surface area contributed by atoms with Gasteiger partial charge in [-0.2, -0.15) is 0 Å². The Balaban J connectivity index is 2.02. The van der Waals surface area contributed by atoms with Crippen molar-refractivity contribution in [2.24, 2.45) is 0 Å². The van der Waals surface area contributed by atoms with Gasteiger partial charge in [0.1, 0.15) is 11.2 Å². The predicted octanol–water partition coefficient (Wildman–Crippen LogP) is 2.35. The first-order chi connectivity index (χ1) is 9.08. The van der Waals surface area contributed by atoms with E-state index in [1.165, 1.54) is 12.1 Å². The van der Waals surface area contributed by atoms with E-state index in [0.717, 1.165) is 25.1 Å². The first-order valence-electron chi connectivity index (χ1n) is 6.39. The Morgan fingerprint density at radius 3 is 2.68 bits per heavy atom. The Hall–Kier alpha value is -1.07. The van der Waals surface area contributed by atoms with Crippen LogP contribution in [-0.4, -0.2) is 48.6 Å². The molecule has 1 saturated heterocycles. The van der Waals surface area contributed by atoms with Crippen molar-refractivity contribution >= 4 is 17.7 Å². The molecule has 0 radical (unpaired) electrons. The molecule has 1 heterocycles. The van der Waals surface area contributed by atoms with E-state index in [1.54, 1.807) is 23.9 Å². The van der Waals surface area contributed by atoms with Gasteiger partial charge in [0.05, 0.1) is 5.75 Å². The maximum absolute atomic E-state index is 12.9. The minimum atomic E-state index is -0.239. The molecule has 0 aromatic heterocycles. The summed E-state index contributed by atoms with van der Waals surface area (Å²) in [6.07, 6.45) is 0.955. The minimum absolute atomic E-state index is 0.0373. The van der Waals surface area contributed by atoms with Gasteiger partial charge in [-0.3, -0.25) is 4.79 Å². The highest BCUT2D eigenvalue weighted by molar-refractivity contribution is 8.00. The van der Waals surface area contributed by atoms with Crippen molar-refractivity contribution in [1.82, 2.24) is 9.80 Å². The van der Waals surface area contributed by atoms with Crippen molar-refractivity contribution in [2.75, 3.05) is 32.9 Å². The standard InChI is InChI=1S/C14H19FN2OS/c1-16(2)8-3-9-17-13(18)10-19-14(17)11-4-6-12(15)7-5-11/h4-7,14H,3,8-10H2,1-2H3/t14-/m0/s1. The van der Waals surface area contributed by atoms with E-state index in [9.17, 15) is 9.18 Å². The van der Waals surface area contributed by atoms with E-state index in [2.05, 4.69) is 4.90 Å². The van der Waals surface area contributed by atoms with Gasteiger partial charge >= 0.3 is 0 Å². The molecule has 1 aliphatic rings. The first-order valence-corrected chi connectivity index (χ1v) is 7.44. The van der Waals surface area contributed by atoms with Gasteiger partial charge in [0, 0.05) is 6.54 Å². The molecule has 19 heavy (non-hydrogen) atoms. The Kier molecular flexibility index (Phi) is 4.82. The molecule has 5 heteroatoms. The lowest BCUT2D eigenvalue weighted by Crippen LogP contribution is -2.31. The van der Waals surface area contributed by atoms with Gasteiger partial charge in [-0.15, -0.1) is 11.8 Å². The van der Waals surface area contributed by atoms with Gasteiger partial charge in [0.25, 0.3) is 0 Å². The number of benzene rings is 1. The van der Waals surface area contributed by atoms with Crippen molar-refractivity contribution in [3.8, 4) is 0 Å². The van der Waals surface area contributed by atoms with Crippen molar-refractivity contribution in [3.05, 3.63) is 35.6 Å². The van der Waals surface area contributed by atoms with E-state index in [1.807, 2.05) is 19.0 Å². The molecule has 0 spiro atoms. The quantitative estimate of drug-likeness (QED) is 0.828. The van der Waals surface area contributed by atoms with Crippen LogP contribution < -0.4 is 0 Å². The number of halogens is 1. The Morgan fingerprint density at radius 1 is 1.37 bits per heavy atom. The molecule has 1 aromatic rings. The number of rotatable bonds is 5. The van der Waals surface area contributed by atoms with Gasteiger partial charge in [0.2, 0.25) is 5.91 Å². The SMILES string of the molecule is CN(C)CCCN1C(=O)CS[C@H]1c1ccc(F)cc1. The van der Waals surface area contributed by atoms with Crippen LogP contribution in [0.25, 0.3) is 0 Å². The van der Waals surface area contributed by atoms with E-state index in [4.69, 9.17) is 0 Å². The third-order valence-corrected chi connectivity index (χ3v) is 4.38. The van der Waals surface area contributed by atoms with E-state index >= 15 is 0 Å². The zero-order valence-corrected chi connectivity index (χ0v) is 12.1. The van der Waals surface area contributed by atoms with Crippen LogP contribution in [0, 0.1) is 5.82 Å². The lowest BCUT2D eigenvalue weighted by atomic mass is 10.2. The van der Waals surface area contributed by atoms with Gasteiger partial charge in [0.15, 0.2) is 0 Å². The lowest BCUT2D eigenvalue weighted by Gasteiger charge is -2.24. The second-order valence-electron chi connectivity index (χ2n) is 4.96. The average molecular weight is 282 g/mol. The number of amides is 1. The summed E-state index contributed by atoms with van der Waals surface area (Å²) in [4.78, 5) is 15.9. The third-order valence-electron chi connectivity index (χ3n) is 3.13. The molecule has 1 aromatic carbocycles. The maximum atomic E-state index is 12.9. The summed E-state index contributed by atoms with van der Waals surface area (Å²) in [6.45, 7) is 1.72. The van der Waals surface area contributed by atoms with Crippen molar-refractivity contribution in [3.63, 3.8) is 0 Å².